The highest BCUT2D eigenvalue weighted by Crippen LogP contribution is 2.34. The second kappa shape index (κ2) is 5.53. The Labute approximate surface area is 119 Å². The molecule has 2 rings (SSSR count). The molecule has 2 aromatic rings. The predicted octanol–water partition coefficient (Wildman–Crippen LogP) is 4.78. The van der Waals surface area contributed by atoms with Gasteiger partial charge in [0.1, 0.15) is 0 Å². The highest BCUT2D eigenvalue weighted by Gasteiger charge is 2.18. The molecule has 0 aliphatic rings. The zero-order valence-corrected chi connectivity index (χ0v) is 12.8. The Hall–Kier alpha value is -0.350. The Morgan fingerprint density at radius 2 is 2.12 bits per heavy atom. The van der Waals surface area contributed by atoms with E-state index in [2.05, 4.69) is 45.7 Å². The lowest BCUT2D eigenvalue weighted by Crippen LogP contribution is -2.17. The molecular weight excluding hydrogens is 318 g/mol. The van der Waals surface area contributed by atoms with Gasteiger partial charge in [0.25, 0.3) is 0 Å². The van der Waals surface area contributed by atoms with Gasteiger partial charge in [-0.15, -0.1) is 11.3 Å². The molecule has 1 heterocycles. The van der Waals surface area contributed by atoms with Crippen molar-refractivity contribution in [3.8, 4) is 0 Å². The monoisotopic (exact) mass is 329 g/mol. The van der Waals surface area contributed by atoms with E-state index in [1.165, 1.54) is 16.0 Å². The van der Waals surface area contributed by atoms with Crippen LogP contribution in [0.2, 0.25) is 5.02 Å². The maximum atomic E-state index is 5.99. The van der Waals surface area contributed by atoms with Crippen molar-refractivity contribution in [1.82, 2.24) is 5.32 Å². The van der Waals surface area contributed by atoms with Crippen LogP contribution >= 0.6 is 38.9 Å². The summed E-state index contributed by atoms with van der Waals surface area (Å²) in [5, 5.41) is 6.24. The van der Waals surface area contributed by atoms with E-state index >= 15 is 0 Å². The fraction of sp³-hybridized carbons (Fsp3) is 0.231. The van der Waals surface area contributed by atoms with Gasteiger partial charge in [0.15, 0.2) is 0 Å². The summed E-state index contributed by atoms with van der Waals surface area (Å²) < 4.78 is 1.15. The van der Waals surface area contributed by atoms with Gasteiger partial charge in [-0.3, -0.25) is 0 Å². The lowest BCUT2D eigenvalue weighted by atomic mass is 10.0. The third-order valence-electron chi connectivity index (χ3n) is 2.74. The van der Waals surface area contributed by atoms with Crippen molar-refractivity contribution in [3.63, 3.8) is 0 Å². The van der Waals surface area contributed by atoms with Crippen LogP contribution in [-0.2, 0) is 0 Å². The van der Waals surface area contributed by atoms with Gasteiger partial charge >= 0.3 is 0 Å². The van der Waals surface area contributed by atoms with Crippen LogP contribution in [-0.4, -0.2) is 7.05 Å². The average molecular weight is 331 g/mol. The molecule has 0 saturated heterocycles. The van der Waals surface area contributed by atoms with Gasteiger partial charge in [-0.1, -0.05) is 17.7 Å². The van der Waals surface area contributed by atoms with Crippen LogP contribution in [0.4, 0.5) is 0 Å². The Bertz CT molecular complexity index is 524. The summed E-state index contributed by atoms with van der Waals surface area (Å²) in [6.07, 6.45) is 0. The van der Waals surface area contributed by atoms with E-state index in [1.807, 2.05) is 19.2 Å². The molecule has 1 nitrogen and oxygen atoms in total. The zero-order valence-electron chi connectivity index (χ0n) is 9.63. The first-order chi connectivity index (χ1) is 8.13. The summed E-state index contributed by atoms with van der Waals surface area (Å²) in [6.45, 7) is 2.09. The van der Waals surface area contributed by atoms with E-state index in [-0.39, 0.29) is 6.04 Å². The van der Waals surface area contributed by atoms with E-state index in [1.54, 1.807) is 11.3 Å². The summed E-state index contributed by atoms with van der Waals surface area (Å²) in [5.74, 6) is 0. The van der Waals surface area contributed by atoms with Crippen molar-refractivity contribution < 1.29 is 0 Å². The van der Waals surface area contributed by atoms with Crippen LogP contribution in [0.3, 0.4) is 0 Å². The smallest absolute Gasteiger partial charge is 0.0682 e. The molecule has 1 N–H and O–H groups in total. The molecule has 0 bridgehead atoms. The number of benzene rings is 1. The molecule has 0 saturated carbocycles. The summed E-state index contributed by atoms with van der Waals surface area (Å²) in [6, 6.07) is 8.32. The summed E-state index contributed by atoms with van der Waals surface area (Å²) in [4.78, 5) is 1.29. The first kappa shape index (κ1) is 13.1. The summed E-state index contributed by atoms with van der Waals surface area (Å²) in [5.41, 5.74) is 2.47. The van der Waals surface area contributed by atoms with Crippen LogP contribution in [0.25, 0.3) is 0 Å². The van der Waals surface area contributed by atoms with Gasteiger partial charge in [0, 0.05) is 14.4 Å². The number of halogens is 2. The Balaban J connectivity index is 2.46. The molecule has 17 heavy (non-hydrogen) atoms. The molecule has 4 heteroatoms. The normalized spacial score (nSPS) is 12.7. The topological polar surface area (TPSA) is 12.0 Å². The molecule has 0 amide bonds. The van der Waals surface area contributed by atoms with Crippen LogP contribution in [0.15, 0.2) is 34.1 Å². The standard InChI is InChI=1S/C13H13BrClNS/c1-8-7-9(15)3-4-10(8)12(16-2)13-11(14)5-6-17-13/h3-7,12,16H,1-2H3. The van der Waals surface area contributed by atoms with E-state index in [9.17, 15) is 0 Å². The second-order valence-corrected chi connectivity index (χ2v) is 6.09. The zero-order chi connectivity index (χ0) is 12.4. The molecule has 0 aliphatic heterocycles. The number of nitrogens with one attached hydrogen (secondary N) is 1. The van der Waals surface area contributed by atoms with E-state index in [0.717, 1.165) is 9.50 Å². The fourth-order valence-electron chi connectivity index (χ4n) is 1.90. The molecule has 1 aromatic carbocycles. The fourth-order valence-corrected chi connectivity index (χ4v) is 3.86. The molecule has 1 unspecified atom stereocenters. The van der Waals surface area contributed by atoms with Crippen LogP contribution in [0, 0.1) is 6.92 Å². The molecule has 0 aliphatic carbocycles. The maximum absolute atomic E-state index is 5.99. The summed E-state index contributed by atoms with van der Waals surface area (Å²) in [7, 11) is 1.98. The van der Waals surface area contributed by atoms with Crippen LogP contribution < -0.4 is 5.32 Å². The van der Waals surface area contributed by atoms with Gasteiger partial charge in [-0.25, -0.2) is 0 Å². The molecule has 1 atom stereocenters. The van der Waals surface area contributed by atoms with Crippen molar-refractivity contribution in [2.75, 3.05) is 7.05 Å². The van der Waals surface area contributed by atoms with Gasteiger partial charge in [-0.05, 0) is 64.6 Å². The lowest BCUT2D eigenvalue weighted by Gasteiger charge is -2.18. The second-order valence-electron chi connectivity index (χ2n) is 3.86. The molecule has 0 radical (unpaired) electrons. The number of rotatable bonds is 3. The van der Waals surface area contributed by atoms with E-state index in [4.69, 9.17) is 11.6 Å². The molecule has 0 fully saturated rings. The van der Waals surface area contributed by atoms with Crippen molar-refractivity contribution >= 4 is 38.9 Å². The SMILES string of the molecule is CNC(c1ccc(Cl)cc1C)c1sccc1Br. The van der Waals surface area contributed by atoms with Gasteiger partial charge < -0.3 is 5.32 Å². The van der Waals surface area contributed by atoms with Gasteiger partial charge in [-0.2, -0.15) is 0 Å². The van der Waals surface area contributed by atoms with Crippen molar-refractivity contribution in [2.24, 2.45) is 0 Å². The minimum absolute atomic E-state index is 0.210. The average Bonchev–Trinajstić information content (AvgIpc) is 2.69. The highest BCUT2D eigenvalue weighted by molar-refractivity contribution is 9.10. The van der Waals surface area contributed by atoms with E-state index in [0.29, 0.717) is 0 Å². The first-order valence-corrected chi connectivity index (χ1v) is 7.34. The van der Waals surface area contributed by atoms with Crippen molar-refractivity contribution in [1.29, 1.82) is 0 Å². The van der Waals surface area contributed by atoms with Crippen molar-refractivity contribution in [2.45, 2.75) is 13.0 Å². The quantitative estimate of drug-likeness (QED) is 0.854. The highest BCUT2D eigenvalue weighted by atomic mass is 79.9. The molecular formula is C13H13BrClNS. The molecule has 0 spiro atoms. The van der Waals surface area contributed by atoms with Crippen LogP contribution in [0.1, 0.15) is 22.0 Å². The van der Waals surface area contributed by atoms with Crippen LogP contribution in [0.5, 0.6) is 0 Å². The maximum Gasteiger partial charge on any atom is 0.0682 e. The molecule has 1 aromatic heterocycles. The Morgan fingerprint density at radius 1 is 1.35 bits per heavy atom. The van der Waals surface area contributed by atoms with E-state index < -0.39 is 0 Å². The minimum Gasteiger partial charge on any atom is -0.309 e. The van der Waals surface area contributed by atoms with Crippen molar-refractivity contribution in [3.05, 3.63) is 55.1 Å². The largest absolute Gasteiger partial charge is 0.309 e. The number of aryl methyl sites for hydroxylation is 1. The number of hydrogen-bond acceptors (Lipinski definition) is 2. The third-order valence-corrected chi connectivity index (χ3v) is 4.91. The molecule has 90 valence electrons. The predicted molar refractivity (Wildman–Crippen MR) is 79.1 cm³/mol. The number of hydrogen-bond donors (Lipinski definition) is 1. The Kier molecular flexibility index (Phi) is 4.26. The summed E-state index contributed by atoms with van der Waals surface area (Å²) >= 11 is 11.3. The van der Waals surface area contributed by atoms with Gasteiger partial charge in [0.05, 0.1) is 6.04 Å². The third kappa shape index (κ3) is 2.74. The minimum atomic E-state index is 0.210. The van der Waals surface area contributed by atoms with Gasteiger partial charge in [0.2, 0.25) is 0 Å². The lowest BCUT2D eigenvalue weighted by molar-refractivity contribution is 0.697. The number of thiophene rings is 1. The Morgan fingerprint density at radius 3 is 2.65 bits per heavy atom. The first-order valence-electron chi connectivity index (χ1n) is 5.29.